The minimum absolute atomic E-state index is 0.0853. The summed E-state index contributed by atoms with van der Waals surface area (Å²) in [5, 5.41) is 3.43. The Labute approximate surface area is 159 Å². The highest BCUT2D eigenvalue weighted by Crippen LogP contribution is 2.24. The smallest absolute Gasteiger partial charge is 0.368 e. The quantitative estimate of drug-likeness (QED) is 0.787. The second-order valence-electron chi connectivity index (χ2n) is 6.17. The lowest BCUT2D eigenvalue weighted by Crippen LogP contribution is -2.52. The van der Waals surface area contributed by atoms with Crippen LogP contribution in [0.1, 0.15) is 10.4 Å². The maximum Gasteiger partial charge on any atom is 0.473 e. The highest BCUT2D eigenvalue weighted by atomic mass is 19.4. The molecule has 2 aromatic carbocycles. The molecule has 2 N–H and O–H groups in total. The van der Waals surface area contributed by atoms with Gasteiger partial charge in [0.1, 0.15) is 0 Å². The number of hydrogen-bond donors (Lipinski definition) is 2. The van der Waals surface area contributed by atoms with Crippen LogP contribution in [-0.4, -0.2) is 44.2 Å². The molecule has 0 aliphatic carbocycles. The van der Waals surface area contributed by atoms with E-state index in [0.29, 0.717) is 18.8 Å². The maximum absolute atomic E-state index is 13.1. The predicted molar refractivity (Wildman–Crippen MR) is 99.0 cm³/mol. The van der Waals surface area contributed by atoms with Crippen molar-refractivity contribution >= 4 is 23.2 Å². The zero-order valence-corrected chi connectivity index (χ0v) is 14.9. The SMILES string of the molecule is O=C(NN(C(=O)C(F)(F)F)c1ccccc1)c1ccccc1N1CCNCC1. The van der Waals surface area contributed by atoms with Crippen molar-refractivity contribution in [3.05, 3.63) is 60.2 Å². The third kappa shape index (κ3) is 4.42. The fourth-order valence-electron chi connectivity index (χ4n) is 2.95. The summed E-state index contributed by atoms with van der Waals surface area (Å²) in [5.41, 5.74) is 2.83. The van der Waals surface area contributed by atoms with Crippen molar-refractivity contribution in [1.82, 2.24) is 10.7 Å². The first-order valence-electron chi connectivity index (χ1n) is 8.70. The number of halogens is 3. The summed E-state index contributed by atoms with van der Waals surface area (Å²) in [6, 6.07) is 13.8. The number of nitrogens with one attached hydrogen (secondary N) is 2. The topological polar surface area (TPSA) is 64.7 Å². The van der Waals surface area contributed by atoms with Crippen molar-refractivity contribution in [3.8, 4) is 0 Å². The summed E-state index contributed by atoms with van der Waals surface area (Å²) < 4.78 is 39.2. The lowest BCUT2D eigenvalue weighted by Gasteiger charge is -2.31. The van der Waals surface area contributed by atoms with Crippen molar-refractivity contribution in [2.75, 3.05) is 36.1 Å². The van der Waals surface area contributed by atoms with E-state index in [1.54, 1.807) is 24.3 Å². The van der Waals surface area contributed by atoms with Crippen LogP contribution in [0.5, 0.6) is 0 Å². The standard InChI is InChI=1S/C19H19F3N4O2/c20-19(21,22)18(28)26(14-6-2-1-3-7-14)24-17(27)15-8-4-5-9-16(15)25-12-10-23-11-13-25/h1-9,23H,10-13H2,(H,24,27). The molecule has 1 saturated heterocycles. The number of benzene rings is 2. The van der Waals surface area contributed by atoms with Crippen LogP contribution in [0.25, 0.3) is 0 Å². The van der Waals surface area contributed by atoms with Gasteiger partial charge in [-0.15, -0.1) is 0 Å². The van der Waals surface area contributed by atoms with Crippen LogP contribution in [0.3, 0.4) is 0 Å². The minimum atomic E-state index is -5.14. The average molecular weight is 392 g/mol. The molecular weight excluding hydrogens is 373 g/mol. The number of alkyl halides is 3. The van der Waals surface area contributed by atoms with E-state index >= 15 is 0 Å². The van der Waals surface area contributed by atoms with E-state index in [2.05, 4.69) is 10.7 Å². The van der Waals surface area contributed by atoms with E-state index in [0.717, 1.165) is 13.1 Å². The number of carbonyl (C=O) groups excluding carboxylic acids is 2. The normalized spacial score (nSPS) is 14.5. The van der Waals surface area contributed by atoms with Gasteiger partial charge in [0.25, 0.3) is 5.91 Å². The molecule has 1 aliphatic heterocycles. The van der Waals surface area contributed by atoms with Gasteiger partial charge in [0.15, 0.2) is 0 Å². The Balaban J connectivity index is 1.90. The molecule has 0 spiro atoms. The first-order valence-corrected chi connectivity index (χ1v) is 8.70. The Morgan fingerprint density at radius 3 is 2.21 bits per heavy atom. The van der Waals surface area contributed by atoms with Gasteiger partial charge < -0.3 is 10.2 Å². The van der Waals surface area contributed by atoms with Gasteiger partial charge in [-0.1, -0.05) is 30.3 Å². The van der Waals surface area contributed by atoms with Crippen LogP contribution in [0.4, 0.5) is 24.5 Å². The number of nitrogens with zero attached hydrogens (tertiary/aromatic N) is 2. The number of para-hydroxylation sites is 2. The zero-order chi connectivity index (χ0) is 20.1. The molecule has 148 valence electrons. The average Bonchev–Trinajstić information content (AvgIpc) is 2.72. The Hall–Kier alpha value is -3.07. The summed E-state index contributed by atoms with van der Waals surface area (Å²) >= 11 is 0. The number of piperazine rings is 1. The van der Waals surface area contributed by atoms with Crippen LogP contribution >= 0.6 is 0 Å². The fourth-order valence-corrected chi connectivity index (χ4v) is 2.95. The van der Waals surface area contributed by atoms with E-state index in [1.165, 1.54) is 30.3 Å². The van der Waals surface area contributed by atoms with Crippen molar-refractivity contribution < 1.29 is 22.8 Å². The molecule has 0 radical (unpaired) electrons. The number of hydrazine groups is 1. The molecule has 0 unspecified atom stereocenters. The zero-order valence-electron chi connectivity index (χ0n) is 14.9. The van der Waals surface area contributed by atoms with Gasteiger partial charge in [0, 0.05) is 31.9 Å². The highest BCUT2D eigenvalue weighted by molar-refractivity contribution is 6.05. The molecule has 1 heterocycles. The third-order valence-electron chi connectivity index (χ3n) is 4.28. The molecule has 3 rings (SSSR count). The van der Waals surface area contributed by atoms with Gasteiger partial charge in [-0.2, -0.15) is 13.2 Å². The van der Waals surface area contributed by atoms with E-state index in [-0.39, 0.29) is 16.3 Å². The number of rotatable bonds is 3. The lowest BCUT2D eigenvalue weighted by atomic mass is 10.1. The van der Waals surface area contributed by atoms with Crippen LogP contribution in [0.15, 0.2) is 54.6 Å². The molecule has 6 nitrogen and oxygen atoms in total. The Bertz CT molecular complexity index is 837. The number of carbonyl (C=O) groups is 2. The molecule has 28 heavy (non-hydrogen) atoms. The Morgan fingerprint density at radius 1 is 0.964 bits per heavy atom. The highest BCUT2D eigenvalue weighted by Gasteiger charge is 2.44. The fraction of sp³-hybridized carbons (Fsp3) is 0.263. The summed E-state index contributed by atoms with van der Waals surface area (Å²) in [6.07, 6.45) is -5.14. The van der Waals surface area contributed by atoms with Crippen molar-refractivity contribution in [2.45, 2.75) is 6.18 Å². The lowest BCUT2D eigenvalue weighted by molar-refractivity contribution is -0.171. The van der Waals surface area contributed by atoms with Crippen molar-refractivity contribution in [2.24, 2.45) is 0 Å². The van der Waals surface area contributed by atoms with Gasteiger partial charge in [-0.05, 0) is 24.3 Å². The summed E-state index contributed by atoms with van der Waals surface area (Å²) in [5.74, 6) is -2.97. The first-order chi connectivity index (χ1) is 13.4. The summed E-state index contributed by atoms with van der Waals surface area (Å²) in [6.45, 7) is 2.79. The Kier molecular flexibility index (Phi) is 5.84. The van der Waals surface area contributed by atoms with Crippen molar-refractivity contribution in [3.63, 3.8) is 0 Å². The molecular formula is C19H19F3N4O2. The molecule has 1 aliphatic rings. The number of hydrogen-bond acceptors (Lipinski definition) is 4. The summed E-state index contributed by atoms with van der Waals surface area (Å²) in [4.78, 5) is 26.7. The second kappa shape index (κ2) is 8.30. The first kappa shape index (κ1) is 19.7. The molecule has 1 fully saturated rings. The third-order valence-corrected chi connectivity index (χ3v) is 4.28. The van der Waals surface area contributed by atoms with E-state index in [4.69, 9.17) is 0 Å². The van der Waals surface area contributed by atoms with Gasteiger partial charge in [-0.3, -0.25) is 15.0 Å². The number of anilines is 2. The van der Waals surface area contributed by atoms with Crippen molar-refractivity contribution in [1.29, 1.82) is 0 Å². The summed E-state index contributed by atoms with van der Waals surface area (Å²) in [7, 11) is 0. The monoisotopic (exact) mass is 392 g/mol. The molecule has 0 atom stereocenters. The molecule has 0 bridgehead atoms. The maximum atomic E-state index is 13.1. The van der Waals surface area contributed by atoms with Crippen LogP contribution in [-0.2, 0) is 4.79 Å². The van der Waals surface area contributed by atoms with E-state index < -0.39 is 18.0 Å². The van der Waals surface area contributed by atoms with Crippen LogP contribution in [0, 0.1) is 0 Å². The predicted octanol–water partition coefficient (Wildman–Crippen LogP) is 2.34. The Morgan fingerprint density at radius 2 is 1.57 bits per heavy atom. The van der Waals surface area contributed by atoms with Gasteiger partial charge in [0.05, 0.1) is 11.3 Å². The van der Waals surface area contributed by atoms with E-state index in [1.807, 2.05) is 4.90 Å². The molecule has 9 heteroatoms. The van der Waals surface area contributed by atoms with Gasteiger partial charge >= 0.3 is 12.1 Å². The molecule has 0 saturated carbocycles. The van der Waals surface area contributed by atoms with Gasteiger partial charge in [-0.25, -0.2) is 5.01 Å². The van der Waals surface area contributed by atoms with Crippen LogP contribution in [0.2, 0.25) is 0 Å². The molecule has 2 amide bonds. The molecule has 2 aromatic rings. The second-order valence-corrected chi connectivity index (χ2v) is 6.17. The van der Waals surface area contributed by atoms with Gasteiger partial charge in [0.2, 0.25) is 0 Å². The largest absolute Gasteiger partial charge is 0.473 e. The minimum Gasteiger partial charge on any atom is -0.368 e. The molecule has 0 aromatic heterocycles. The number of amides is 2. The van der Waals surface area contributed by atoms with E-state index in [9.17, 15) is 22.8 Å². The van der Waals surface area contributed by atoms with Crippen LogP contribution < -0.4 is 20.7 Å².